The van der Waals surface area contributed by atoms with E-state index in [4.69, 9.17) is 0 Å². The smallest absolute Gasteiger partial charge is 0.330 e. The van der Waals surface area contributed by atoms with Crippen molar-refractivity contribution in [2.24, 2.45) is 7.05 Å². The van der Waals surface area contributed by atoms with Crippen molar-refractivity contribution in [2.45, 2.75) is 26.3 Å². The Morgan fingerprint density at radius 2 is 2.20 bits per heavy atom. The topological polar surface area (TPSA) is 81.8 Å². The summed E-state index contributed by atoms with van der Waals surface area (Å²) >= 11 is 1.32. The van der Waals surface area contributed by atoms with Gasteiger partial charge in [-0.1, -0.05) is 6.92 Å². The lowest BCUT2D eigenvalue weighted by atomic mass is 10.4. The Morgan fingerprint density at radius 1 is 1.40 bits per heavy atom. The van der Waals surface area contributed by atoms with Gasteiger partial charge < -0.3 is 9.88 Å². The number of nitrogens with one attached hydrogen (secondary N) is 1. The highest BCUT2D eigenvalue weighted by Crippen LogP contribution is 2.10. The molecular formula is C12H17N5O2S. The Morgan fingerprint density at radius 3 is 2.90 bits per heavy atom. The van der Waals surface area contributed by atoms with Gasteiger partial charge in [0.2, 0.25) is 5.13 Å². The molecule has 0 aromatic carbocycles. The molecule has 1 N–H and O–H groups in total. The van der Waals surface area contributed by atoms with Gasteiger partial charge in [0.25, 0.3) is 5.56 Å². The summed E-state index contributed by atoms with van der Waals surface area (Å²) < 4.78 is 6.80. The van der Waals surface area contributed by atoms with E-state index in [-0.39, 0.29) is 11.2 Å². The second-order valence-corrected chi connectivity index (χ2v) is 5.10. The Bertz CT molecular complexity index is 688. The standard InChI is InChI=1S/C12H17N5O2S/c1-3-9-14-11(20-15-9)13-6-4-7-17-10(18)5-8-16(2)12(17)19/h5,8H,3-4,6-7H2,1-2H3,(H,13,14,15). The van der Waals surface area contributed by atoms with E-state index in [1.165, 1.54) is 32.9 Å². The highest BCUT2D eigenvalue weighted by atomic mass is 32.1. The molecule has 0 aliphatic rings. The molecule has 2 heterocycles. The fraction of sp³-hybridized carbons (Fsp3) is 0.500. The maximum absolute atomic E-state index is 11.8. The van der Waals surface area contributed by atoms with Crippen LogP contribution in [-0.4, -0.2) is 25.0 Å². The maximum atomic E-state index is 11.8. The number of aryl methyl sites for hydroxylation is 2. The van der Waals surface area contributed by atoms with E-state index in [0.717, 1.165) is 17.4 Å². The van der Waals surface area contributed by atoms with Crippen LogP contribution in [0, 0.1) is 0 Å². The number of nitrogens with zero attached hydrogens (tertiary/aromatic N) is 4. The van der Waals surface area contributed by atoms with Crippen molar-refractivity contribution < 1.29 is 0 Å². The molecule has 0 saturated carbocycles. The molecule has 0 aliphatic heterocycles. The van der Waals surface area contributed by atoms with E-state index >= 15 is 0 Å². The number of aromatic nitrogens is 4. The Hall–Kier alpha value is -1.96. The zero-order valence-corrected chi connectivity index (χ0v) is 12.3. The number of hydrogen-bond acceptors (Lipinski definition) is 6. The van der Waals surface area contributed by atoms with Crippen LogP contribution in [0.1, 0.15) is 19.2 Å². The average molecular weight is 295 g/mol. The minimum absolute atomic E-state index is 0.266. The molecule has 0 fully saturated rings. The van der Waals surface area contributed by atoms with Crippen LogP contribution in [0.2, 0.25) is 0 Å². The molecule has 108 valence electrons. The molecule has 0 radical (unpaired) electrons. The molecule has 0 bridgehead atoms. The van der Waals surface area contributed by atoms with E-state index in [1.54, 1.807) is 7.05 Å². The van der Waals surface area contributed by atoms with E-state index in [0.29, 0.717) is 19.5 Å². The zero-order chi connectivity index (χ0) is 14.5. The molecule has 0 unspecified atom stereocenters. The zero-order valence-electron chi connectivity index (χ0n) is 11.5. The summed E-state index contributed by atoms with van der Waals surface area (Å²) in [6.07, 6.45) is 2.96. The third kappa shape index (κ3) is 3.32. The van der Waals surface area contributed by atoms with E-state index in [9.17, 15) is 9.59 Å². The third-order valence-corrected chi connectivity index (χ3v) is 3.57. The molecular weight excluding hydrogens is 278 g/mol. The maximum Gasteiger partial charge on any atom is 0.330 e. The summed E-state index contributed by atoms with van der Waals surface area (Å²) in [5.41, 5.74) is -0.557. The predicted octanol–water partition coefficient (Wildman–Crippen LogP) is 0.463. The minimum atomic E-state index is -0.290. The molecule has 8 heteroatoms. The first kappa shape index (κ1) is 14.4. The second-order valence-electron chi connectivity index (χ2n) is 4.35. The van der Waals surface area contributed by atoms with Gasteiger partial charge in [-0.2, -0.15) is 4.37 Å². The first-order chi connectivity index (χ1) is 9.61. The molecule has 7 nitrogen and oxygen atoms in total. The van der Waals surface area contributed by atoms with Crippen LogP contribution in [0.3, 0.4) is 0 Å². The Balaban J connectivity index is 1.89. The van der Waals surface area contributed by atoms with Crippen molar-refractivity contribution in [1.29, 1.82) is 0 Å². The fourth-order valence-corrected chi connectivity index (χ4v) is 2.40. The van der Waals surface area contributed by atoms with Crippen molar-refractivity contribution >= 4 is 16.7 Å². The number of hydrogen-bond donors (Lipinski definition) is 1. The summed E-state index contributed by atoms with van der Waals surface area (Å²) in [7, 11) is 1.63. The van der Waals surface area contributed by atoms with E-state index < -0.39 is 0 Å². The Kier molecular flexibility index (Phi) is 4.67. The van der Waals surface area contributed by atoms with Crippen molar-refractivity contribution in [2.75, 3.05) is 11.9 Å². The van der Waals surface area contributed by atoms with Gasteiger partial charge in [0.15, 0.2) is 0 Å². The van der Waals surface area contributed by atoms with Gasteiger partial charge in [-0.25, -0.2) is 9.78 Å². The molecule has 0 aliphatic carbocycles. The molecule has 2 rings (SSSR count). The normalized spacial score (nSPS) is 10.7. The monoisotopic (exact) mass is 295 g/mol. The second kappa shape index (κ2) is 6.47. The summed E-state index contributed by atoms with van der Waals surface area (Å²) in [5.74, 6) is 0.825. The predicted molar refractivity (Wildman–Crippen MR) is 78.3 cm³/mol. The van der Waals surface area contributed by atoms with Crippen LogP contribution < -0.4 is 16.6 Å². The van der Waals surface area contributed by atoms with Gasteiger partial charge in [0.1, 0.15) is 5.82 Å². The lowest BCUT2D eigenvalue weighted by molar-refractivity contribution is 0.573. The van der Waals surface area contributed by atoms with Gasteiger partial charge in [-0.3, -0.25) is 9.36 Å². The van der Waals surface area contributed by atoms with Crippen molar-refractivity contribution in [3.8, 4) is 0 Å². The SMILES string of the molecule is CCc1nsc(NCCCn2c(=O)ccn(C)c2=O)n1. The first-order valence-corrected chi connectivity index (χ1v) is 7.22. The van der Waals surface area contributed by atoms with Crippen molar-refractivity contribution in [3.63, 3.8) is 0 Å². The molecule has 0 spiro atoms. The van der Waals surface area contributed by atoms with Crippen LogP contribution >= 0.6 is 11.5 Å². The van der Waals surface area contributed by atoms with Crippen molar-refractivity contribution in [1.82, 2.24) is 18.5 Å². The number of anilines is 1. The summed E-state index contributed by atoms with van der Waals surface area (Å²) in [5, 5.41) is 3.92. The minimum Gasteiger partial charge on any atom is -0.360 e. The van der Waals surface area contributed by atoms with Crippen molar-refractivity contribution in [3.05, 3.63) is 38.9 Å². The van der Waals surface area contributed by atoms with Crippen LogP contribution in [0.15, 0.2) is 21.9 Å². The van der Waals surface area contributed by atoms with Gasteiger partial charge in [-0.05, 0) is 6.42 Å². The quantitative estimate of drug-likeness (QED) is 0.783. The van der Waals surface area contributed by atoms with Crippen LogP contribution in [-0.2, 0) is 20.0 Å². The lowest BCUT2D eigenvalue weighted by Crippen LogP contribution is -2.38. The van der Waals surface area contributed by atoms with Crippen LogP contribution in [0.5, 0.6) is 0 Å². The van der Waals surface area contributed by atoms with Gasteiger partial charge >= 0.3 is 5.69 Å². The van der Waals surface area contributed by atoms with E-state index in [1.807, 2.05) is 6.92 Å². The average Bonchev–Trinajstić information content (AvgIpc) is 2.90. The lowest BCUT2D eigenvalue weighted by Gasteiger charge is -2.06. The molecule has 2 aromatic heterocycles. The van der Waals surface area contributed by atoms with E-state index in [2.05, 4.69) is 14.7 Å². The first-order valence-electron chi connectivity index (χ1n) is 6.44. The molecule has 0 atom stereocenters. The summed E-state index contributed by atoms with van der Waals surface area (Å²) in [6.45, 7) is 3.03. The number of rotatable bonds is 6. The molecule has 0 saturated heterocycles. The fourth-order valence-electron chi connectivity index (χ4n) is 1.72. The van der Waals surface area contributed by atoms with Crippen LogP contribution in [0.25, 0.3) is 0 Å². The van der Waals surface area contributed by atoms with Gasteiger partial charge in [0, 0.05) is 50.4 Å². The van der Waals surface area contributed by atoms with Gasteiger partial charge in [0.05, 0.1) is 0 Å². The highest BCUT2D eigenvalue weighted by Gasteiger charge is 2.04. The third-order valence-electron chi connectivity index (χ3n) is 2.86. The summed E-state index contributed by atoms with van der Waals surface area (Å²) in [6, 6.07) is 1.40. The van der Waals surface area contributed by atoms with Gasteiger partial charge in [-0.15, -0.1) is 0 Å². The largest absolute Gasteiger partial charge is 0.360 e. The molecule has 2 aromatic rings. The highest BCUT2D eigenvalue weighted by molar-refractivity contribution is 7.09. The molecule has 0 amide bonds. The molecule has 20 heavy (non-hydrogen) atoms. The summed E-state index contributed by atoms with van der Waals surface area (Å²) in [4.78, 5) is 27.7. The van der Waals surface area contributed by atoms with Crippen LogP contribution in [0.4, 0.5) is 5.13 Å². The Labute approximate surface area is 120 Å².